The number of nitrogens with zero attached hydrogens (tertiary/aromatic N) is 3. The summed E-state index contributed by atoms with van der Waals surface area (Å²) in [4.78, 5) is 7.41. The number of aliphatic imine (C=N–C) groups is 1. The number of rotatable bonds is 8. The molecule has 1 aliphatic heterocycles. The van der Waals surface area contributed by atoms with Gasteiger partial charge in [-0.1, -0.05) is 29.8 Å². The molecule has 1 aromatic heterocycles. The van der Waals surface area contributed by atoms with Crippen molar-refractivity contribution in [1.29, 1.82) is 0 Å². The molecule has 28 heavy (non-hydrogen) atoms. The number of morpholine rings is 1. The summed E-state index contributed by atoms with van der Waals surface area (Å²) < 4.78 is 7.72. The van der Waals surface area contributed by atoms with Crippen molar-refractivity contribution in [2.24, 2.45) is 4.99 Å². The summed E-state index contributed by atoms with van der Waals surface area (Å²) in [6, 6.07) is 13.2. The van der Waals surface area contributed by atoms with Crippen molar-refractivity contribution in [1.82, 2.24) is 20.1 Å². The summed E-state index contributed by atoms with van der Waals surface area (Å²) in [5.41, 5.74) is 2.62. The molecule has 1 aromatic carbocycles. The van der Waals surface area contributed by atoms with Gasteiger partial charge in [0.15, 0.2) is 5.96 Å². The van der Waals surface area contributed by atoms with Crippen molar-refractivity contribution >= 4 is 5.96 Å². The van der Waals surface area contributed by atoms with Crippen molar-refractivity contribution in [3.8, 4) is 0 Å². The average Bonchev–Trinajstić information content (AvgIpc) is 3.22. The summed E-state index contributed by atoms with van der Waals surface area (Å²) in [5, 5.41) is 6.83. The van der Waals surface area contributed by atoms with Gasteiger partial charge in [-0.15, -0.1) is 0 Å². The second-order valence-corrected chi connectivity index (χ2v) is 7.15. The first-order chi connectivity index (χ1) is 13.8. The Balaban J connectivity index is 1.67. The van der Waals surface area contributed by atoms with Gasteiger partial charge in [0.25, 0.3) is 0 Å². The first kappa shape index (κ1) is 20.4. The molecule has 0 saturated carbocycles. The Hall–Kier alpha value is -2.31. The van der Waals surface area contributed by atoms with Crippen molar-refractivity contribution in [3.63, 3.8) is 0 Å². The summed E-state index contributed by atoms with van der Waals surface area (Å²) in [6.45, 7) is 11.1. The first-order valence-electron chi connectivity index (χ1n) is 10.3. The third-order valence-corrected chi connectivity index (χ3v) is 5.01. The molecule has 1 aliphatic rings. The highest BCUT2D eigenvalue weighted by Crippen LogP contribution is 2.23. The van der Waals surface area contributed by atoms with Crippen molar-refractivity contribution in [3.05, 3.63) is 59.9 Å². The molecule has 0 radical (unpaired) electrons. The molecular weight excluding hydrogens is 350 g/mol. The van der Waals surface area contributed by atoms with E-state index in [1.54, 1.807) is 0 Å². The fraction of sp³-hybridized carbons (Fsp3) is 0.500. The number of hydrogen-bond donors (Lipinski definition) is 2. The number of nitrogens with one attached hydrogen (secondary N) is 2. The van der Waals surface area contributed by atoms with E-state index in [2.05, 4.69) is 70.6 Å². The van der Waals surface area contributed by atoms with Crippen LogP contribution in [0.5, 0.6) is 0 Å². The van der Waals surface area contributed by atoms with Crippen LogP contribution in [0.1, 0.15) is 24.1 Å². The lowest BCUT2D eigenvalue weighted by atomic mass is 10.0. The van der Waals surface area contributed by atoms with Crippen LogP contribution in [0.15, 0.2) is 53.8 Å². The van der Waals surface area contributed by atoms with E-state index < -0.39 is 0 Å². The lowest BCUT2D eigenvalue weighted by Gasteiger charge is -2.34. The van der Waals surface area contributed by atoms with E-state index in [0.717, 1.165) is 58.4 Å². The van der Waals surface area contributed by atoms with Crippen LogP contribution in [0.3, 0.4) is 0 Å². The fourth-order valence-corrected chi connectivity index (χ4v) is 3.54. The monoisotopic (exact) mass is 383 g/mol. The van der Waals surface area contributed by atoms with Gasteiger partial charge in [0, 0.05) is 45.1 Å². The number of aromatic nitrogens is 1. The van der Waals surface area contributed by atoms with Crippen LogP contribution in [-0.2, 0) is 11.3 Å². The van der Waals surface area contributed by atoms with Gasteiger partial charge in [0.05, 0.1) is 25.8 Å². The van der Waals surface area contributed by atoms with Crippen LogP contribution < -0.4 is 10.6 Å². The second kappa shape index (κ2) is 10.9. The minimum absolute atomic E-state index is 0.267. The van der Waals surface area contributed by atoms with Crippen LogP contribution in [0.2, 0.25) is 0 Å². The standard InChI is InChI=1S/C22H33N5O/c1-3-23-22(24-9-12-26-10-4-5-11-26)25-18-21(27-13-15-28-16-14-27)20-8-6-7-19(2)17-20/h4-8,10-11,17,21H,3,9,12-16,18H2,1-2H3,(H2,23,24,25). The third kappa shape index (κ3) is 6.11. The van der Waals surface area contributed by atoms with Crippen molar-refractivity contribution < 1.29 is 4.74 Å². The molecule has 0 aliphatic carbocycles. The van der Waals surface area contributed by atoms with Crippen molar-refractivity contribution in [2.45, 2.75) is 26.4 Å². The minimum atomic E-state index is 0.267. The Morgan fingerprint density at radius 2 is 1.93 bits per heavy atom. The van der Waals surface area contributed by atoms with Crippen LogP contribution >= 0.6 is 0 Å². The Morgan fingerprint density at radius 3 is 2.64 bits per heavy atom. The molecule has 1 atom stereocenters. The van der Waals surface area contributed by atoms with E-state index in [1.165, 1.54) is 11.1 Å². The molecule has 2 N–H and O–H groups in total. The number of ether oxygens (including phenoxy) is 1. The van der Waals surface area contributed by atoms with Crippen LogP contribution in [0.4, 0.5) is 0 Å². The molecule has 2 heterocycles. The Morgan fingerprint density at radius 1 is 1.14 bits per heavy atom. The maximum absolute atomic E-state index is 5.56. The first-order valence-corrected chi connectivity index (χ1v) is 10.3. The summed E-state index contributed by atoms with van der Waals surface area (Å²) in [6.07, 6.45) is 4.16. The quantitative estimate of drug-likeness (QED) is 0.543. The molecule has 6 heteroatoms. The average molecular weight is 384 g/mol. The third-order valence-electron chi connectivity index (χ3n) is 5.01. The van der Waals surface area contributed by atoms with Crippen LogP contribution in [0.25, 0.3) is 0 Å². The number of aryl methyl sites for hydroxylation is 1. The van der Waals surface area contributed by atoms with E-state index >= 15 is 0 Å². The predicted octanol–water partition coefficient (Wildman–Crippen LogP) is 2.43. The fourth-order valence-electron chi connectivity index (χ4n) is 3.54. The molecule has 152 valence electrons. The summed E-state index contributed by atoms with van der Waals surface area (Å²) >= 11 is 0. The minimum Gasteiger partial charge on any atom is -0.379 e. The van der Waals surface area contributed by atoms with E-state index in [1.807, 2.05) is 12.1 Å². The molecular formula is C22H33N5O. The van der Waals surface area contributed by atoms with Gasteiger partial charge in [-0.25, -0.2) is 0 Å². The summed E-state index contributed by atoms with van der Waals surface area (Å²) in [5.74, 6) is 0.876. The van der Waals surface area contributed by atoms with Gasteiger partial charge >= 0.3 is 0 Å². The highest BCUT2D eigenvalue weighted by Gasteiger charge is 2.22. The molecule has 2 aromatic rings. The molecule has 0 spiro atoms. The van der Waals surface area contributed by atoms with Gasteiger partial charge in [-0.2, -0.15) is 0 Å². The Labute approximate surface area is 168 Å². The zero-order valence-electron chi connectivity index (χ0n) is 17.1. The van der Waals surface area contributed by atoms with Gasteiger partial charge < -0.3 is 19.9 Å². The van der Waals surface area contributed by atoms with Gasteiger partial charge in [0.2, 0.25) is 0 Å². The topological polar surface area (TPSA) is 53.8 Å². The van der Waals surface area contributed by atoms with E-state index in [4.69, 9.17) is 9.73 Å². The number of benzene rings is 1. The smallest absolute Gasteiger partial charge is 0.191 e. The lowest BCUT2D eigenvalue weighted by molar-refractivity contribution is 0.0179. The molecule has 3 rings (SSSR count). The zero-order valence-corrected chi connectivity index (χ0v) is 17.1. The van der Waals surface area contributed by atoms with E-state index in [0.29, 0.717) is 0 Å². The van der Waals surface area contributed by atoms with Gasteiger partial charge in [0.1, 0.15) is 0 Å². The zero-order chi connectivity index (χ0) is 19.6. The highest BCUT2D eigenvalue weighted by molar-refractivity contribution is 5.79. The normalized spacial score (nSPS) is 16.7. The second-order valence-electron chi connectivity index (χ2n) is 7.15. The van der Waals surface area contributed by atoms with E-state index in [-0.39, 0.29) is 6.04 Å². The Kier molecular flexibility index (Phi) is 7.94. The Bertz CT molecular complexity index is 722. The van der Waals surface area contributed by atoms with E-state index in [9.17, 15) is 0 Å². The lowest BCUT2D eigenvalue weighted by Crippen LogP contribution is -2.42. The van der Waals surface area contributed by atoms with Crippen molar-refractivity contribution in [2.75, 3.05) is 45.9 Å². The maximum atomic E-state index is 5.56. The number of hydrogen-bond acceptors (Lipinski definition) is 3. The summed E-state index contributed by atoms with van der Waals surface area (Å²) in [7, 11) is 0. The maximum Gasteiger partial charge on any atom is 0.191 e. The molecule has 0 bridgehead atoms. The molecule has 6 nitrogen and oxygen atoms in total. The molecule has 1 saturated heterocycles. The molecule has 0 amide bonds. The molecule has 1 fully saturated rings. The number of guanidine groups is 1. The predicted molar refractivity (Wildman–Crippen MR) is 115 cm³/mol. The van der Waals surface area contributed by atoms with Gasteiger partial charge in [-0.3, -0.25) is 9.89 Å². The van der Waals surface area contributed by atoms with Crippen LogP contribution in [-0.4, -0.2) is 61.4 Å². The molecule has 1 unspecified atom stereocenters. The largest absolute Gasteiger partial charge is 0.379 e. The van der Waals surface area contributed by atoms with Crippen LogP contribution in [0, 0.1) is 6.92 Å². The SMILES string of the molecule is CCNC(=NCC(c1cccc(C)c1)N1CCOCC1)NCCn1cccc1. The van der Waals surface area contributed by atoms with Gasteiger partial charge in [-0.05, 0) is 31.5 Å². The highest BCUT2D eigenvalue weighted by atomic mass is 16.5.